The molecule has 3 heterocycles. The Morgan fingerprint density at radius 3 is 2.74 bits per heavy atom. The first-order valence-electron chi connectivity index (χ1n) is 9.96. The normalized spacial score (nSPS) is 10.6. The largest absolute Gasteiger partial charge is 0.478 e. The fourth-order valence-electron chi connectivity index (χ4n) is 3.05. The van der Waals surface area contributed by atoms with Crippen LogP contribution in [0.1, 0.15) is 34.5 Å². The zero-order valence-corrected chi connectivity index (χ0v) is 17.3. The number of amides is 1. The third-order valence-electron chi connectivity index (χ3n) is 4.58. The molecule has 1 aromatic carbocycles. The van der Waals surface area contributed by atoms with Crippen molar-refractivity contribution in [1.82, 2.24) is 25.1 Å². The Hall–Kier alpha value is -4.07. The Bertz CT molecular complexity index is 1190. The summed E-state index contributed by atoms with van der Waals surface area (Å²) in [4.78, 5) is 25.7. The van der Waals surface area contributed by atoms with Crippen LogP contribution in [-0.2, 0) is 6.42 Å². The number of anilines is 1. The van der Waals surface area contributed by atoms with E-state index in [1.807, 2.05) is 62.4 Å². The van der Waals surface area contributed by atoms with Gasteiger partial charge in [-0.05, 0) is 37.6 Å². The number of hydrogen-bond donors (Lipinski definition) is 2. The Morgan fingerprint density at radius 1 is 1.10 bits per heavy atom. The van der Waals surface area contributed by atoms with Crippen molar-refractivity contribution in [1.29, 1.82) is 0 Å². The van der Waals surface area contributed by atoms with E-state index in [0.717, 1.165) is 22.4 Å². The van der Waals surface area contributed by atoms with Gasteiger partial charge in [-0.15, -0.1) is 5.10 Å². The predicted octanol–water partition coefficient (Wildman–Crippen LogP) is 3.81. The maximum Gasteiger partial charge on any atom is 0.296 e. The lowest BCUT2D eigenvalue weighted by Crippen LogP contribution is -2.14. The Morgan fingerprint density at radius 2 is 1.94 bits per heavy atom. The number of benzene rings is 1. The van der Waals surface area contributed by atoms with Crippen LogP contribution >= 0.6 is 0 Å². The summed E-state index contributed by atoms with van der Waals surface area (Å²) in [7, 11) is 0. The van der Waals surface area contributed by atoms with Crippen LogP contribution in [0.2, 0.25) is 0 Å². The molecule has 2 N–H and O–H groups in total. The number of hydrogen-bond acceptors (Lipinski definition) is 6. The third-order valence-corrected chi connectivity index (χ3v) is 4.58. The van der Waals surface area contributed by atoms with Crippen molar-refractivity contribution in [3.8, 4) is 17.1 Å². The van der Waals surface area contributed by atoms with Crippen LogP contribution in [0, 0.1) is 6.92 Å². The molecule has 0 aliphatic heterocycles. The highest BCUT2D eigenvalue weighted by Crippen LogP contribution is 2.24. The molecule has 0 bridgehead atoms. The van der Waals surface area contributed by atoms with Crippen LogP contribution in [0.5, 0.6) is 5.88 Å². The molecule has 0 saturated heterocycles. The molecule has 0 fully saturated rings. The summed E-state index contributed by atoms with van der Waals surface area (Å²) in [6.45, 7) is 4.41. The number of ether oxygens (including phenoxy) is 1. The molecule has 0 aliphatic carbocycles. The summed E-state index contributed by atoms with van der Waals surface area (Å²) in [5, 5.41) is 9.58. The minimum Gasteiger partial charge on any atom is -0.478 e. The summed E-state index contributed by atoms with van der Waals surface area (Å²) in [5.74, 6) is 1.22. The standard InChI is InChI=1S/C23H22N6O2/c1-3-31-23-15(2)9-10-18(25-23)17-11-12-24-19(14-17)27-22(30)21-26-20(28-29-21)13-16-7-5-4-6-8-16/h4-12,14H,3,13H2,1-2H3,(H,24,27,30)(H,26,28,29). The molecule has 0 unspecified atom stereocenters. The van der Waals surface area contributed by atoms with Crippen LogP contribution in [0.15, 0.2) is 60.8 Å². The number of aryl methyl sites for hydroxylation is 1. The third kappa shape index (κ3) is 4.92. The molecule has 0 aliphatic rings. The molecular formula is C23H22N6O2. The van der Waals surface area contributed by atoms with Gasteiger partial charge in [0.2, 0.25) is 11.7 Å². The maximum absolute atomic E-state index is 12.6. The minimum absolute atomic E-state index is 0.0604. The average molecular weight is 414 g/mol. The van der Waals surface area contributed by atoms with Crippen LogP contribution in [0.4, 0.5) is 5.82 Å². The molecule has 8 heteroatoms. The molecule has 1 amide bonds. The van der Waals surface area contributed by atoms with E-state index in [9.17, 15) is 4.79 Å². The smallest absolute Gasteiger partial charge is 0.296 e. The van der Waals surface area contributed by atoms with Crippen LogP contribution < -0.4 is 10.1 Å². The van der Waals surface area contributed by atoms with Gasteiger partial charge in [0.05, 0.1) is 12.3 Å². The zero-order chi connectivity index (χ0) is 21.6. The molecule has 4 rings (SSSR count). The van der Waals surface area contributed by atoms with E-state index in [4.69, 9.17) is 4.74 Å². The zero-order valence-electron chi connectivity index (χ0n) is 17.3. The second-order valence-corrected chi connectivity index (χ2v) is 6.90. The molecule has 0 saturated carbocycles. The SMILES string of the molecule is CCOc1nc(-c2ccnc(NC(=O)c3n[nH]c(Cc4ccccc4)n3)c2)ccc1C. The molecule has 0 spiro atoms. The van der Waals surface area contributed by atoms with E-state index in [2.05, 4.69) is 30.5 Å². The summed E-state index contributed by atoms with van der Waals surface area (Å²) in [6.07, 6.45) is 2.18. The summed E-state index contributed by atoms with van der Waals surface area (Å²) >= 11 is 0. The number of carbonyl (C=O) groups is 1. The fraction of sp³-hybridized carbons (Fsp3) is 0.174. The van der Waals surface area contributed by atoms with Crippen molar-refractivity contribution in [2.45, 2.75) is 20.3 Å². The lowest BCUT2D eigenvalue weighted by molar-refractivity contribution is 0.101. The van der Waals surface area contributed by atoms with Gasteiger partial charge in [-0.3, -0.25) is 9.89 Å². The van der Waals surface area contributed by atoms with Crippen molar-refractivity contribution in [3.63, 3.8) is 0 Å². The minimum atomic E-state index is -0.438. The molecule has 4 aromatic rings. The van der Waals surface area contributed by atoms with Crippen molar-refractivity contribution in [3.05, 3.63) is 83.6 Å². The lowest BCUT2D eigenvalue weighted by Gasteiger charge is -2.09. The van der Waals surface area contributed by atoms with Crippen molar-refractivity contribution in [2.24, 2.45) is 0 Å². The first-order valence-corrected chi connectivity index (χ1v) is 9.96. The number of aromatic amines is 1. The summed E-state index contributed by atoms with van der Waals surface area (Å²) < 4.78 is 5.58. The van der Waals surface area contributed by atoms with Gasteiger partial charge < -0.3 is 10.1 Å². The number of rotatable bonds is 7. The first-order chi connectivity index (χ1) is 15.1. The van der Waals surface area contributed by atoms with E-state index in [-0.39, 0.29) is 5.82 Å². The topological polar surface area (TPSA) is 106 Å². The number of carbonyl (C=O) groups excluding carboxylic acids is 1. The molecule has 156 valence electrons. The van der Waals surface area contributed by atoms with Crippen molar-refractivity contribution >= 4 is 11.7 Å². The van der Waals surface area contributed by atoms with Crippen LogP contribution in [0.25, 0.3) is 11.3 Å². The Balaban J connectivity index is 1.48. The molecule has 0 atom stereocenters. The monoisotopic (exact) mass is 414 g/mol. The van der Waals surface area contributed by atoms with E-state index in [0.29, 0.717) is 30.5 Å². The first kappa shape index (κ1) is 20.2. The van der Waals surface area contributed by atoms with Crippen LogP contribution in [0.3, 0.4) is 0 Å². The van der Waals surface area contributed by atoms with Gasteiger partial charge in [-0.1, -0.05) is 36.4 Å². The van der Waals surface area contributed by atoms with Gasteiger partial charge in [0, 0.05) is 23.7 Å². The summed E-state index contributed by atoms with van der Waals surface area (Å²) in [5.41, 5.74) is 3.59. The van der Waals surface area contributed by atoms with E-state index < -0.39 is 5.91 Å². The van der Waals surface area contributed by atoms with Gasteiger partial charge in [0.25, 0.3) is 5.91 Å². The second-order valence-electron chi connectivity index (χ2n) is 6.90. The van der Waals surface area contributed by atoms with E-state index in [1.54, 1.807) is 12.3 Å². The summed E-state index contributed by atoms with van der Waals surface area (Å²) in [6, 6.07) is 17.3. The molecular weight excluding hydrogens is 392 g/mol. The lowest BCUT2D eigenvalue weighted by atomic mass is 10.1. The van der Waals surface area contributed by atoms with Crippen LogP contribution in [-0.4, -0.2) is 37.7 Å². The highest BCUT2D eigenvalue weighted by Gasteiger charge is 2.14. The Kier molecular flexibility index (Phi) is 5.98. The quantitative estimate of drug-likeness (QED) is 0.476. The molecule has 0 radical (unpaired) electrons. The van der Waals surface area contributed by atoms with Gasteiger partial charge in [-0.2, -0.15) is 0 Å². The van der Waals surface area contributed by atoms with Gasteiger partial charge in [-0.25, -0.2) is 15.0 Å². The van der Waals surface area contributed by atoms with Gasteiger partial charge >= 0.3 is 0 Å². The molecule has 3 aromatic heterocycles. The number of nitrogens with one attached hydrogen (secondary N) is 2. The number of pyridine rings is 2. The number of aromatic nitrogens is 5. The van der Waals surface area contributed by atoms with Crippen molar-refractivity contribution in [2.75, 3.05) is 11.9 Å². The number of H-pyrrole nitrogens is 1. The highest BCUT2D eigenvalue weighted by atomic mass is 16.5. The van der Waals surface area contributed by atoms with Crippen molar-refractivity contribution < 1.29 is 9.53 Å². The second kappa shape index (κ2) is 9.17. The predicted molar refractivity (Wildman–Crippen MR) is 117 cm³/mol. The van der Waals surface area contributed by atoms with Gasteiger partial charge in [0.15, 0.2) is 0 Å². The van der Waals surface area contributed by atoms with E-state index >= 15 is 0 Å². The fourth-order valence-corrected chi connectivity index (χ4v) is 3.05. The number of nitrogens with zero attached hydrogens (tertiary/aromatic N) is 4. The average Bonchev–Trinajstić information content (AvgIpc) is 3.25. The maximum atomic E-state index is 12.6. The molecule has 8 nitrogen and oxygen atoms in total. The van der Waals surface area contributed by atoms with E-state index in [1.165, 1.54) is 0 Å². The highest BCUT2D eigenvalue weighted by molar-refractivity contribution is 6.01. The molecule has 31 heavy (non-hydrogen) atoms. The van der Waals surface area contributed by atoms with Gasteiger partial charge in [0.1, 0.15) is 11.6 Å². The Labute approximate surface area is 179 Å².